The lowest BCUT2D eigenvalue weighted by Crippen LogP contribution is -2.47. The van der Waals surface area contributed by atoms with Crippen molar-refractivity contribution in [3.8, 4) is 0 Å². The number of likely N-dealkylation sites (N-methyl/N-ethyl adjacent to an activating group) is 1. The van der Waals surface area contributed by atoms with Crippen molar-refractivity contribution in [2.75, 3.05) is 20.7 Å². The number of aliphatic hydroxyl groups excluding tert-OH is 1. The Kier molecular flexibility index (Phi) is 4.45. The van der Waals surface area contributed by atoms with Gasteiger partial charge in [0.05, 0.1) is 6.61 Å². The van der Waals surface area contributed by atoms with Gasteiger partial charge in [-0.2, -0.15) is 0 Å². The van der Waals surface area contributed by atoms with Gasteiger partial charge in [-0.25, -0.2) is 0 Å². The molecule has 100 valence electrons. The van der Waals surface area contributed by atoms with Crippen LogP contribution in [0.2, 0.25) is 0 Å². The van der Waals surface area contributed by atoms with Gasteiger partial charge in [0.25, 0.3) is 0 Å². The predicted octanol–water partition coefficient (Wildman–Crippen LogP) is 1.75. The first-order chi connectivity index (χ1) is 8.21. The second-order valence-electron chi connectivity index (χ2n) is 6.04. The largest absolute Gasteiger partial charge is 0.394 e. The second-order valence-corrected chi connectivity index (χ2v) is 6.04. The summed E-state index contributed by atoms with van der Waals surface area (Å²) in [6.07, 6.45) is 10.4. The molecule has 0 aromatic rings. The molecule has 2 aliphatic carbocycles. The van der Waals surface area contributed by atoms with Gasteiger partial charge >= 0.3 is 0 Å². The average Bonchev–Trinajstić information content (AvgIpc) is 2.84. The van der Waals surface area contributed by atoms with Crippen molar-refractivity contribution in [3.05, 3.63) is 0 Å². The number of hydrogen-bond acceptors (Lipinski definition) is 3. The molecule has 0 aliphatic heterocycles. The Hall–Kier alpha value is -0.120. The van der Waals surface area contributed by atoms with E-state index >= 15 is 0 Å². The second kappa shape index (κ2) is 5.68. The minimum atomic E-state index is -0.00636. The molecule has 2 atom stereocenters. The monoisotopic (exact) mass is 240 g/mol. The normalized spacial score (nSPS) is 35.6. The third-order valence-electron chi connectivity index (χ3n) is 5.14. The highest BCUT2D eigenvalue weighted by atomic mass is 16.3. The van der Waals surface area contributed by atoms with Crippen LogP contribution in [-0.2, 0) is 0 Å². The Morgan fingerprint density at radius 1 is 1.18 bits per heavy atom. The van der Waals surface area contributed by atoms with Crippen LogP contribution in [-0.4, -0.2) is 48.3 Å². The van der Waals surface area contributed by atoms with Crippen LogP contribution in [0.5, 0.6) is 0 Å². The zero-order valence-corrected chi connectivity index (χ0v) is 11.4. The first-order valence-electron chi connectivity index (χ1n) is 7.22. The summed E-state index contributed by atoms with van der Waals surface area (Å²) in [6.45, 7) is 0.276. The van der Waals surface area contributed by atoms with Crippen molar-refractivity contribution in [2.24, 2.45) is 0 Å². The van der Waals surface area contributed by atoms with Crippen molar-refractivity contribution in [1.82, 2.24) is 10.2 Å². The molecule has 0 saturated heterocycles. The van der Waals surface area contributed by atoms with Crippen LogP contribution >= 0.6 is 0 Å². The summed E-state index contributed by atoms with van der Waals surface area (Å²) in [6, 6.07) is 1.46. The van der Waals surface area contributed by atoms with Crippen molar-refractivity contribution in [3.63, 3.8) is 0 Å². The zero-order chi connectivity index (χ0) is 12.3. The van der Waals surface area contributed by atoms with Crippen molar-refractivity contribution < 1.29 is 5.11 Å². The lowest BCUT2D eigenvalue weighted by molar-refractivity contribution is 0.120. The molecule has 0 bridgehead atoms. The Labute approximate surface area is 106 Å². The quantitative estimate of drug-likeness (QED) is 0.786. The fourth-order valence-electron chi connectivity index (χ4n) is 3.68. The van der Waals surface area contributed by atoms with Gasteiger partial charge in [0, 0.05) is 17.6 Å². The number of nitrogens with one attached hydrogen (secondary N) is 1. The van der Waals surface area contributed by atoms with Gasteiger partial charge in [-0.1, -0.05) is 19.3 Å². The summed E-state index contributed by atoms with van der Waals surface area (Å²) in [5.41, 5.74) is -0.00636. The first-order valence-corrected chi connectivity index (χ1v) is 7.22. The molecule has 2 N–H and O–H groups in total. The number of hydrogen-bond donors (Lipinski definition) is 2. The molecule has 2 unspecified atom stereocenters. The van der Waals surface area contributed by atoms with E-state index in [-0.39, 0.29) is 12.1 Å². The number of rotatable bonds is 4. The van der Waals surface area contributed by atoms with Gasteiger partial charge < -0.3 is 15.3 Å². The molecule has 0 amide bonds. The van der Waals surface area contributed by atoms with E-state index < -0.39 is 0 Å². The third kappa shape index (κ3) is 2.83. The lowest BCUT2D eigenvalue weighted by Gasteiger charge is -2.36. The average molecular weight is 240 g/mol. The minimum Gasteiger partial charge on any atom is -0.394 e. The van der Waals surface area contributed by atoms with Crippen LogP contribution in [0.4, 0.5) is 0 Å². The van der Waals surface area contributed by atoms with Crippen molar-refractivity contribution in [2.45, 2.75) is 69.0 Å². The maximum Gasteiger partial charge on any atom is 0.0613 e. The third-order valence-corrected chi connectivity index (χ3v) is 5.14. The van der Waals surface area contributed by atoms with E-state index in [1.807, 2.05) is 7.05 Å². The van der Waals surface area contributed by atoms with Crippen LogP contribution < -0.4 is 5.32 Å². The van der Waals surface area contributed by atoms with E-state index in [9.17, 15) is 5.11 Å². The van der Waals surface area contributed by atoms with Gasteiger partial charge in [0.1, 0.15) is 0 Å². The van der Waals surface area contributed by atoms with E-state index in [0.717, 1.165) is 18.9 Å². The summed E-state index contributed by atoms with van der Waals surface area (Å²) < 4.78 is 0. The number of nitrogens with zero attached hydrogens (tertiary/aromatic N) is 1. The summed E-state index contributed by atoms with van der Waals surface area (Å²) in [4.78, 5) is 2.61. The molecule has 0 heterocycles. The fourth-order valence-corrected chi connectivity index (χ4v) is 3.68. The molecule has 17 heavy (non-hydrogen) atoms. The molecule has 0 radical (unpaired) electrons. The molecule has 3 nitrogen and oxygen atoms in total. The molecular weight excluding hydrogens is 212 g/mol. The predicted molar refractivity (Wildman–Crippen MR) is 71.2 cm³/mol. The first kappa shape index (κ1) is 13.3. The van der Waals surface area contributed by atoms with Crippen LogP contribution in [0.3, 0.4) is 0 Å². The van der Waals surface area contributed by atoms with E-state index in [2.05, 4.69) is 17.3 Å². The molecule has 2 aliphatic rings. The summed E-state index contributed by atoms with van der Waals surface area (Å²) in [5, 5.41) is 12.9. The topological polar surface area (TPSA) is 35.5 Å². The molecule has 2 rings (SSSR count). The zero-order valence-electron chi connectivity index (χ0n) is 11.4. The standard InChI is InChI=1S/C14H28N2O/c1-15-14(11-17)9-8-13(10-14)16(2)12-6-4-3-5-7-12/h12-13,15,17H,3-11H2,1-2H3. The Balaban J connectivity index is 1.90. The van der Waals surface area contributed by atoms with Gasteiger partial charge in [-0.05, 0) is 46.2 Å². The Morgan fingerprint density at radius 2 is 1.88 bits per heavy atom. The summed E-state index contributed by atoms with van der Waals surface area (Å²) in [7, 11) is 4.28. The van der Waals surface area contributed by atoms with Gasteiger partial charge in [0.2, 0.25) is 0 Å². The highest BCUT2D eigenvalue weighted by Gasteiger charge is 2.40. The molecule has 0 aromatic carbocycles. The maximum absolute atomic E-state index is 9.55. The molecule has 2 saturated carbocycles. The van der Waals surface area contributed by atoms with Crippen molar-refractivity contribution >= 4 is 0 Å². The highest BCUT2D eigenvalue weighted by Crippen LogP contribution is 2.35. The lowest BCUT2D eigenvalue weighted by atomic mass is 9.93. The molecule has 0 spiro atoms. The van der Waals surface area contributed by atoms with E-state index in [1.165, 1.54) is 38.5 Å². The van der Waals surface area contributed by atoms with E-state index in [4.69, 9.17) is 0 Å². The van der Waals surface area contributed by atoms with Crippen LogP contribution in [0.1, 0.15) is 51.4 Å². The summed E-state index contributed by atoms with van der Waals surface area (Å²) in [5.74, 6) is 0. The van der Waals surface area contributed by atoms with Gasteiger partial charge in [-0.15, -0.1) is 0 Å². The smallest absolute Gasteiger partial charge is 0.0613 e. The number of aliphatic hydroxyl groups is 1. The Bertz CT molecular complexity index is 234. The van der Waals surface area contributed by atoms with E-state index in [0.29, 0.717) is 6.04 Å². The van der Waals surface area contributed by atoms with Crippen molar-refractivity contribution in [1.29, 1.82) is 0 Å². The van der Waals surface area contributed by atoms with Crippen LogP contribution in [0.15, 0.2) is 0 Å². The fraction of sp³-hybridized carbons (Fsp3) is 1.00. The Morgan fingerprint density at radius 3 is 2.41 bits per heavy atom. The minimum absolute atomic E-state index is 0.00636. The van der Waals surface area contributed by atoms with Gasteiger partial charge in [0.15, 0.2) is 0 Å². The maximum atomic E-state index is 9.55. The SMILES string of the molecule is CNC1(CO)CCC(N(C)C2CCCCC2)C1. The molecule has 0 aromatic heterocycles. The van der Waals surface area contributed by atoms with Crippen LogP contribution in [0, 0.1) is 0 Å². The summed E-state index contributed by atoms with van der Waals surface area (Å²) >= 11 is 0. The van der Waals surface area contributed by atoms with E-state index in [1.54, 1.807) is 0 Å². The molecule has 3 heteroatoms. The molecule has 2 fully saturated rings. The van der Waals surface area contributed by atoms with Crippen LogP contribution in [0.25, 0.3) is 0 Å². The van der Waals surface area contributed by atoms with Gasteiger partial charge in [-0.3, -0.25) is 0 Å². The molecular formula is C14H28N2O. The highest BCUT2D eigenvalue weighted by molar-refractivity contribution is 4.99.